The maximum atomic E-state index is 11.1. The second kappa shape index (κ2) is 12.5. The molecule has 0 saturated heterocycles. The molecular weight excluding hydrogens is 524 g/mol. The third kappa shape index (κ3) is 7.50. The van der Waals surface area contributed by atoms with Crippen molar-refractivity contribution in [3.8, 4) is 5.69 Å². The first kappa shape index (κ1) is 30.0. The third-order valence-corrected chi connectivity index (χ3v) is 6.26. The van der Waals surface area contributed by atoms with Crippen molar-refractivity contribution >= 4 is 40.6 Å². The first-order valence-electron chi connectivity index (χ1n) is 12.2. The summed E-state index contributed by atoms with van der Waals surface area (Å²) in [6.45, 7) is 8.88. The van der Waals surface area contributed by atoms with E-state index in [0.29, 0.717) is 46.0 Å². The molecule has 1 aromatic carbocycles. The van der Waals surface area contributed by atoms with Crippen LogP contribution in [0.5, 0.6) is 0 Å². The second-order valence-electron chi connectivity index (χ2n) is 9.63. The number of nitro groups is 1. The highest BCUT2D eigenvalue weighted by Gasteiger charge is 2.29. The van der Waals surface area contributed by atoms with E-state index in [1.807, 2.05) is 13.2 Å². The van der Waals surface area contributed by atoms with Crippen molar-refractivity contribution in [2.75, 3.05) is 30.0 Å². The molecule has 2 unspecified atom stereocenters. The van der Waals surface area contributed by atoms with Crippen LogP contribution < -0.4 is 10.6 Å². The molecule has 0 aliphatic carbocycles. The topological polar surface area (TPSA) is 183 Å². The van der Waals surface area contributed by atoms with Gasteiger partial charge >= 0.3 is 0 Å². The van der Waals surface area contributed by atoms with Crippen molar-refractivity contribution in [3.63, 3.8) is 0 Å². The van der Waals surface area contributed by atoms with Gasteiger partial charge in [-0.1, -0.05) is 0 Å². The van der Waals surface area contributed by atoms with Gasteiger partial charge in [-0.05, 0) is 64.6 Å². The summed E-state index contributed by atoms with van der Waals surface area (Å²) in [5.41, 5.74) is 0.661. The Morgan fingerprint density at radius 3 is 2.28 bits per heavy atom. The molecule has 3 rings (SSSR count). The molecule has 39 heavy (non-hydrogen) atoms. The highest BCUT2D eigenvalue weighted by molar-refractivity contribution is 7.98. The number of nitrogens with zero attached hydrogens (tertiary/aromatic N) is 6. The van der Waals surface area contributed by atoms with Gasteiger partial charge in [0, 0.05) is 25.2 Å². The monoisotopic (exact) mass is 558 g/mol. The van der Waals surface area contributed by atoms with Gasteiger partial charge in [-0.25, -0.2) is 9.67 Å². The van der Waals surface area contributed by atoms with E-state index >= 15 is 0 Å². The molecule has 5 N–H and O–H groups in total. The fourth-order valence-electron chi connectivity index (χ4n) is 3.57. The van der Waals surface area contributed by atoms with E-state index in [1.165, 1.54) is 28.6 Å². The van der Waals surface area contributed by atoms with Gasteiger partial charge < -0.3 is 26.0 Å². The maximum Gasteiger partial charge on any atom is 0.269 e. The van der Waals surface area contributed by atoms with Crippen molar-refractivity contribution in [1.82, 2.24) is 14.8 Å². The summed E-state index contributed by atoms with van der Waals surface area (Å²) in [4.78, 5) is 15.8. The summed E-state index contributed by atoms with van der Waals surface area (Å²) in [5.74, 6) is 1.22. The van der Waals surface area contributed by atoms with Gasteiger partial charge in [0.15, 0.2) is 11.6 Å². The molecule has 3 aromatic rings. The number of nitrogens with one attached hydrogen (secondary N) is 2. The number of azo groups is 1. The lowest BCUT2D eigenvalue weighted by atomic mass is 10.1. The number of pyridine rings is 1. The Morgan fingerprint density at radius 1 is 1.13 bits per heavy atom. The molecule has 0 bridgehead atoms. The molecule has 0 amide bonds. The van der Waals surface area contributed by atoms with Crippen LogP contribution in [0.4, 0.5) is 28.8 Å². The van der Waals surface area contributed by atoms with Crippen LogP contribution in [0, 0.1) is 17.0 Å². The van der Waals surface area contributed by atoms with Crippen molar-refractivity contribution in [3.05, 3.63) is 51.7 Å². The molecule has 0 spiro atoms. The number of non-ortho nitro benzene ring substituents is 1. The quantitative estimate of drug-likeness (QED) is 0.0922. The summed E-state index contributed by atoms with van der Waals surface area (Å²) in [6, 6.07) is 7.60. The molecule has 210 valence electrons. The number of nitro benzene ring substituents is 1. The molecule has 2 atom stereocenters. The Balaban J connectivity index is 2.15. The number of aromatic nitrogens is 3. The fraction of sp³-hybridized carbons (Fsp3) is 0.440. The standard InChI is InChI=1S/C25H34N8O5S/c1-14-11-19(26-12-15(2)34)28-23(27-13-16(3)35)20(14)29-30-24-21(39-6)22(25(4,5)36)31-32(24)17-7-9-18(10-8-17)33(37)38/h7-11,15-16,34-36H,12-13H2,1-6H3,(H2,26,27,28). The Morgan fingerprint density at radius 2 is 1.74 bits per heavy atom. The fourth-order valence-corrected chi connectivity index (χ4v) is 4.36. The lowest BCUT2D eigenvalue weighted by Gasteiger charge is -2.15. The molecule has 2 aromatic heterocycles. The third-order valence-electron chi connectivity index (χ3n) is 5.48. The molecule has 0 radical (unpaired) electrons. The lowest BCUT2D eigenvalue weighted by Crippen LogP contribution is -2.18. The Kier molecular flexibility index (Phi) is 9.61. The van der Waals surface area contributed by atoms with E-state index in [9.17, 15) is 25.4 Å². The van der Waals surface area contributed by atoms with Gasteiger partial charge in [-0.2, -0.15) is 5.10 Å². The van der Waals surface area contributed by atoms with Crippen LogP contribution in [0.15, 0.2) is 45.5 Å². The number of thioether (sulfide) groups is 1. The van der Waals surface area contributed by atoms with E-state index in [1.54, 1.807) is 45.9 Å². The molecule has 0 aliphatic rings. The maximum absolute atomic E-state index is 11.1. The predicted octanol–water partition coefficient (Wildman–Crippen LogP) is 4.43. The Bertz CT molecular complexity index is 1330. The van der Waals surface area contributed by atoms with Crippen LogP contribution in [0.2, 0.25) is 0 Å². The van der Waals surface area contributed by atoms with E-state index in [4.69, 9.17) is 0 Å². The van der Waals surface area contributed by atoms with Gasteiger partial charge in [-0.15, -0.1) is 22.0 Å². The Labute approximate surface area is 230 Å². The summed E-state index contributed by atoms with van der Waals surface area (Å²) in [7, 11) is 0. The molecule has 0 saturated carbocycles. The summed E-state index contributed by atoms with van der Waals surface area (Å²) >= 11 is 1.34. The minimum absolute atomic E-state index is 0.0679. The minimum Gasteiger partial charge on any atom is -0.392 e. The van der Waals surface area contributed by atoms with Gasteiger partial charge in [-0.3, -0.25) is 10.1 Å². The molecule has 0 aliphatic heterocycles. The van der Waals surface area contributed by atoms with E-state index in [-0.39, 0.29) is 12.2 Å². The van der Waals surface area contributed by atoms with Crippen molar-refractivity contribution in [2.45, 2.75) is 57.3 Å². The van der Waals surface area contributed by atoms with Crippen LogP contribution in [-0.4, -0.2) is 66.6 Å². The van der Waals surface area contributed by atoms with Crippen molar-refractivity contribution in [2.24, 2.45) is 10.2 Å². The van der Waals surface area contributed by atoms with Gasteiger partial charge in [0.25, 0.3) is 5.69 Å². The van der Waals surface area contributed by atoms with E-state index in [2.05, 4.69) is 30.9 Å². The zero-order valence-electron chi connectivity index (χ0n) is 22.7. The van der Waals surface area contributed by atoms with Gasteiger partial charge in [0.05, 0.1) is 27.7 Å². The minimum atomic E-state index is -1.30. The van der Waals surface area contributed by atoms with Crippen LogP contribution in [0.1, 0.15) is 39.0 Å². The van der Waals surface area contributed by atoms with Crippen LogP contribution >= 0.6 is 11.8 Å². The molecular formula is C25H34N8O5S. The van der Waals surface area contributed by atoms with Gasteiger partial charge in [0.2, 0.25) is 0 Å². The first-order chi connectivity index (χ1) is 18.3. The zero-order valence-corrected chi connectivity index (χ0v) is 23.5. The number of hydrogen-bond donors (Lipinski definition) is 5. The SMILES string of the molecule is CSc1c(C(C)(C)O)nn(-c2ccc([N+](=O)[O-])cc2)c1N=Nc1c(C)cc(NCC(C)O)nc1NCC(C)O. The van der Waals surface area contributed by atoms with Crippen LogP contribution in [0.3, 0.4) is 0 Å². The molecule has 13 nitrogen and oxygen atoms in total. The van der Waals surface area contributed by atoms with Gasteiger partial charge in [0.1, 0.15) is 22.8 Å². The average Bonchev–Trinajstić information content (AvgIpc) is 3.24. The van der Waals surface area contributed by atoms with Crippen molar-refractivity contribution < 1.29 is 20.2 Å². The highest BCUT2D eigenvalue weighted by Crippen LogP contribution is 2.40. The predicted molar refractivity (Wildman–Crippen MR) is 151 cm³/mol. The molecule has 0 fully saturated rings. The number of anilines is 2. The first-order valence-corrected chi connectivity index (χ1v) is 13.5. The summed E-state index contributed by atoms with van der Waals surface area (Å²) < 4.78 is 1.48. The highest BCUT2D eigenvalue weighted by atomic mass is 32.2. The summed E-state index contributed by atoms with van der Waals surface area (Å²) in [5, 5.41) is 61.2. The number of benzene rings is 1. The zero-order chi connectivity index (χ0) is 28.9. The lowest BCUT2D eigenvalue weighted by molar-refractivity contribution is -0.384. The number of hydrogen-bond acceptors (Lipinski definition) is 12. The van der Waals surface area contributed by atoms with Crippen molar-refractivity contribution in [1.29, 1.82) is 0 Å². The normalized spacial score (nSPS) is 13.5. The average molecular weight is 559 g/mol. The van der Waals surface area contributed by atoms with E-state index in [0.717, 1.165) is 5.56 Å². The number of aliphatic hydroxyl groups excluding tert-OH is 2. The number of aryl methyl sites for hydroxylation is 1. The Hall–Kier alpha value is -3.59. The largest absolute Gasteiger partial charge is 0.392 e. The number of rotatable bonds is 12. The van der Waals surface area contributed by atoms with Crippen LogP contribution in [-0.2, 0) is 5.60 Å². The summed E-state index contributed by atoms with van der Waals surface area (Å²) in [6.07, 6.45) is 0.609. The van der Waals surface area contributed by atoms with Crippen LogP contribution in [0.25, 0.3) is 5.69 Å². The van der Waals surface area contributed by atoms with E-state index < -0.39 is 22.7 Å². The smallest absolute Gasteiger partial charge is 0.269 e. The number of aliphatic hydroxyl groups is 3. The molecule has 2 heterocycles. The second-order valence-corrected chi connectivity index (χ2v) is 10.4. The molecule has 14 heteroatoms.